The standard InChI is InChI=1S/C12H9BrClN3O3/c1-17-9(12(19)20)8(13)10(16-17)15-11(18)6-4-2-3-5-7(6)14/h2-5H,1H3,(H,19,20)(H,15,16,18). The van der Waals surface area contributed by atoms with Crippen molar-refractivity contribution in [2.24, 2.45) is 7.05 Å². The molecule has 0 atom stereocenters. The Morgan fingerprint density at radius 3 is 2.60 bits per heavy atom. The molecule has 0 aliphatic carbocycles. The lowest BCUT2D eigenvalue weighted by Gasteiger charge is -2.04. The van der Waals surface area contributed by atoms with Crippen LogP contribution < -0.4 is 5.32 Å². The first kappa shape index (κ1) is 14.5. The number of nitrogens with zero attached hydrogens (tertiary/aromatic N) is 2. The number of hydrogen-bond donors (Lipinski definition) is 2. The molecule has 0 saturated heterocycles. The van der Waals surface area contributed by atoms with Crippen LogP contribution >= 0.6 is 27.5 Å². The van der Waals surface area contributed by atoms with Gasteiger partial charge in [-0.15, -0.1) is 0 Å². The molecule has 1 aromatic heterocycles. The maximum atomic E-state index is 12.1. The minimum Gasteiger partial charge on any atom is -0.476 e. The van der Waals surface area contributed by atoms with Gasteiger partial charge in [0.25, 0.3) is 5.91 Å². The highest BCUT2D eigenvalue weighted by Crippen LogP contribution is 2.26. The molecule has 0 radical (unpaired) electrons. The van der Waals surface area contributed by atoms with E-state index >= 15 is 0 Å². The van der Waals surface area contributed by atoms with Crippen LogP contribution in [0.4, 0.5) is 5.82 Å². The third-order valence-corrected chi connectivity index (χ3v) is 3.62. The summed E-state index contributed by atoms with van der Waals surface area (Å²) in [6, 6.07) is 6.54. The van der Waals surface area contributed by atoms with Crippen molar-refractivity contribution in [3.8, 4) is 0 Å². The van der Waals surface area contributed by atoms with E-state index in [1.54, 1.807) is 24.3 Å². The maximum absolute atomic E-state index is 12.1. The average Bonchev–Trinajstić information content (AvgIpc) is 2.64. The number of carboxylic acids is 1. The summed E-state index contributed by atoms with van der Waals surface area (Å²) >= 11 is 9.03. The van der Waals surface area contributed by atoms with Gasteiger partial charge in [-0.05, 0) is 28.1 Å². The zero-order valence-electron chi connectivity index (χ0n) is 10.2. The number of carbonyl (C=O) groups excluding carboxylic acids is 1. The summed E-state index contributed by atoms with van der Waals surface area (Å²) in [5.41, 5.74) is 0.225. The van der Waals surface area contributed by atoms with Gasteiger partial charge >= 0.3 is 5.97 Å². The van der Waals surface area contributed by atoms with Gasteiger partial charge in [0, 0.05) is 7.05 Å². The largest absolute Gasteiger partial charge is 0.476 e. The van der Waals surface area contributed by atoms with E-state index in [1.165, 1.54) is 7.05 Å². The SMILES string of the molecule is Cn1nc(NC(=O)c2ccccc2Cl)c(Br)c1C(=O)O. The summed E-state index contributed by atoms with van der Waals surface area (Å²) in [6.45, 7) is 0. The molecular weight excluding hydrogens is 350 g/mol. The molecular formula is C12H9BrClN3O3. The fraction of sp³-hybridized carbons (Fsp3) is 0.0833. The zero-order valence-corrected chi connectivity index (χ0v) is 12.6. The van der Waals surface area contributed by atoms with E-state index in [9.17, 15) is 9.59 Å². The number of hydrogen-bond acceptors (Lipinski definition) is 3. The minimum atomic E-state index is -1.15. The number of halogens is 2. The number of rotatable bonds is 3. The van der Waals surface area contributed by atoms with E-state index in [2.05, 4.69) is 26.3 Å². The third-order valence-electron chi connectivity index (χ3n) is 2.54. The second-order valence-electron chi connectivity index (χ2n) is 3.87. The molecule has 1 heterocycles. The molecule has 104 valence electrons. The van der Waals surface area contributed by atoms with Gasteiger partial charge in [-0.3, -0.25) is 9.48 Å². The first-order chi connectivity index (χ1) is 9.41. The highest BCUT2D eigenvalue weighted by Gasteiger charge is 2.21. The van der Waals surface area contributed by atoms with Crippen LogP contribution in [0.5, 0.6) is 0 Å². The van der Waals surface area contributed by atoms with E-state index in [0.717, 1.165) is 4.68 Å². The number of nitrogens with one attached hydrogen (secondary N) is 1. The molecule has 6 nitrogen and oxygen atoms in total. The molecule has 2 N–H and O–H groups in total. The number of carbonyl (C=O) groups is 2. The Labute approximate surface area is 127 Å². The summed E-state index contributed by atoms with van der Waals surface area (Å²) < 4.78 is 1.36. The Morgan fingerprint density at radius 2 is 2.05 bits per heavy atom. The first-order valence-electron chi connectivity index (χ1n) is 5.43. The molecule has 0 aliphatic rings. The molecule has 0 saturated carbocycles. The Morgan fingerprint density at radius 1 is 1.40 bits per heavy atom. The molecule has 2 rings (SSSR count). The van der Waals surface area contributed by atoms with Crippen molar-refractivity contribution in [1.29, 1.82) is 0 Å². The summed E-state index contributed by atoms with van der Waals surface area (Å²) in [7, 11) is 1.47. The Balaban J connectivity index is 2.32. The summed E-state index contributed by atoms with van der Waals surface area (Å²) in [6.07, 6.45) is 0. The monoisotopic (exact) mass is 357 g/mol. The van der Waals surface area contributed by atoms with E-state index in [-0.39, 0.29) is 21.5 Å². The van der Waals surface area contributed by atoms with Crippen molar-refractivity contribution in [2.45, 2.75) is 0 Å². The zero-order chi connectivity index (χ0) is 14.9. The van der Waals surface area contributed by atoms with Crippen LogP contribution in [0.1, 0.15) is 20.8 Å². The van der Waals surface area contributed by atoms with Gasteiger partial charge in [0.15, 0.2) is 11.5 Å². The number of carboxylic acid groups (broad SMARTS) is 1. The molecule has 8 heteroatoms. The predicted octanol–water partition coefficient (Wildman–Crippen LogP) is 2.79. The van der Waals surface area contributed by atoms with Crippen molar-refractivity contribution >= 4 is 45.2 Å². The average molecular weight is 359 g/mol. The topological polar surface area (TPSA) is 84.2 Å². The van der Waals surface area contributed by atoms with E-state index < -0.39 is 11.9 Å². The van der Waals surface area contributed by atoms with Gasteiger partial charge in [-0.1, -0.05) is 23.7 Å². The van der Waals surface area contributed by atoms with Gasteiger partial charge in [0.1, 0.15) is 0 Å². The number of amides is 1. The summed E-state index contributed by atoms with van der Waals surface area (Å²) in [5, 5.41) is 15.8. The van der Waals surface area contributed by atoms with Crippen LogP contribution in [0.3, 0.4) is 0 Å². The van der Waals surface area contributed by atoms with Gasteiger partial charge in [0.05, 0.1) is 15.1 Å². The van der Waals surface area contributed by atoms with Gasteiger partial charge in [-0.2, -0.15) is 5.10 Å². The fourth-order valence-corrected chi connectivity index (χ4v) is 2.46. The lowest BCUT2D eigenvalue weighted by molar-refractivity contribution is 0.0683. The highest BCUT2D eigenvalue weighted by molar-refractivity contribution is 9.10. The van der Waals surface area contributed by atoms with Crippen molar-refractivity contribution < 1.29 is 14.7 Å². The number of benzene rings is 1. The number of anilines is 1. The van der Waals surface area contributed by atoms with E-state index in [4.69, 9.17) is 16.7 Å². The highest BCUT2D eigenvalue weighted by atomic mass is 79.9. The van der Waals surface area contributed by atoms with Crippen LogP contribution in [-0.4, -0.2) is 26.8 Å². The molecule has 0 spiro atoms. The Kier molecular flexibility index (Phi) is 4.10. The molecule has 1 aromatic carbocycles. The van der Waals surface area contributed by atoms with Gasteiger partial charge in [-0.25, -0.2) is 4.79 Å². The van der Waals surface area contributed by atoms with Crippen molar-refractivity contribution in [3.63, 3.8) is 0 Å². The smallest absolute Gasteiger partial charge is 0.355 e. The van der Waals surface area contributed by atoms with Crippen LogP contribution in [0.15, 0.2) is 28.7 Å². The maximum Gasteiger partial charge on any atom is 0.355 e. The Bertz CT molecular complexity index is 699. The van der Waals surface area contributed by atoms with Crippen LogP contribution in [0, 0.1) is 0 Å². The van der Waals surface area contributed by atoms with Crippen molar-refractivity contribution in [1.82, 2.24) is 9.78 Å². The van der Waals surface area contributed by atoms with Gasteiger partial charge in [0.2, 0.25) is 0 Å². The molecule has 0 unspecified atom stereocenters. The molecule has 0 fully saturated rings. The predicted molar refractivity (Wildman–Crippen MR) is 77.3 cm³/mol. The third kappa shape index (κ3) is 2.68. The van der Waals surface area contributed by atoms with Crippen molar-refractivity contribution in [3.05, 3.63) is 45.0 Å². The molecule has 20 heavy (non-hydrogen) atoms. The summed E-state index contributed by atoms with van der Waals surface area (Å²) in [4.78, 5) is 23.1. The van der Waals surface area contributed by atoms with Crippen LogP contribution in [-0.2, 0) is 7.05 Å². The van der Waals surface area contributed by atoms with E-state index in [1.807, 2.05) is 0 Å². The molecule has 1 amide bonds. The normalized spacial score (nSPS) is 10.3. The van der Waals surface area contributed by atoms with E-state index in [0.29, 0.717) is 5.02 Å². The molecule has 0 aliphatic heterocycles. The fourth-order valence-electron chi connectivity index (χ4n) is 1.63. The lowest BCUT2D eigenvalue weighted by atomic mass is 10.2. The minimum absolute atomic E-state index is 0.0561. The van der Waals surface area contributed by atoms with Crippen molar-refractivity contribution in [2.75, 3.05) is 5.32 Å². The number of aromatic nitrogens is 2. The van der Waals surface area contributed by atoms with Crippen LogP contribution in [0.2, 0.25) is 5.02 Å². The quantitative estimate of drug-likeness (QED) is 0.883. The second kappa shape index (κ2) is 5.64. The first-order valence-corrected chi connectivity index (χ1v) is 6.60. The van der Waals surface area contributed by atoms with Gasteiger partial charge < -0.3 is 10.4 Å². The lowest BCUT2D eigenvalue weighted by Crippen LogP contribution is -2.13. The number of aryl methyl sites for hydroxylation is 1. The summed E-state index contributed by atoms with van der Waals surface area (Å²) in [5.74, 6) is -1.49. The number of aromatic carboxylic acids is 1. The van der Waals surface area contributed by atoms with Crippen LogP contribution in [0.25, 0.3) is 0 Å². The molecule has 2 aromatic rings. The molecule has 0 bridgehead atoms. The Hall–Kier alpha value is -1.86. The second-order valence-corrected chi connectivity index (χ2v) is 5.07.